The van der Waals surface area contributed by atoms with E-state index in [9.17, 15) is 14.4 Å². The number of urea groups is 1. The van der Waals surface area contributed by atoms with E-state index >= 15 is 0 Å². The van der Waals surface area contributed by atoms with E-state index in [0.717, 1.165) is 38.0 Å². The Labute approximate surface area is 195 Å². The van der Waals surface area contributed by atoms with Gasteiger partial charge < -0.3 is 20.6 Å². The maximum Gasteiger partial charge on any atom is 0.335 e. The fourth-order valence-electron chi connectivity index (χ4n) is 8.21. The van der Waals surface area contributed by atoms with Crippen LogP contribution in [0.3, 0.4) is 0 Å². The molecule has 0 spiro atoms. The minimum absolute atomic E-state index is 0.0572. The summed E-state index contributed by atoms with van der Waals surface area (Å²) in [5.41, 5.74) is 1.31. The van der Waals surface area contributed by atoms with Gasteiger partial charge in [0.2, 0.25) is 0 Å². The molecule has 4 saturated carbocycles. The van der Waals surface area contributed by atoms with Crippen LogP contribution in [0.1, 0.15) is 85.9 Å². The lowest BCUT2D eigenvalue weighted by Crippen LogP contribution is -2.66. The Kier molecular flexibility index (Phi) is 5.22. The lowest BCUT2D eigenvalue weighted by atomic mass is 9.43. The largest absolute Gasteiger partial charge is 0.478 e. The number of carbonyl (C=O) groups excluding carboxylic acids is 2. The van der Waals surface area contributed by atoms with Gasteiger partial charge in [-0.15, -0.1) is 0 Å². The van der Waals surface area contributed by atoms with Crippen molar-refractivity contribution in [1.29, 1.82) is 0 Å². The van der Waals surface area contributed by atoms with E-state index in [0.29, 0.717) is 29.5 Å². The molecule has 0 aromatic heterocycles. The second kappa shape index (κ2) is 7.74. The smallest absolute Gasteiger partial charge is 0.335 e. The Balaban J connectivity index is 1.14. The Morgan fingerprint density at radius 3 is 2.03 bits per heavy atom. The number of piperidine rings is 1. The average molecular weight is 454 g/mol. The topological polar surface area (TPSA) is 98.7 Å². The van der Waals surface area contributed by atoms with E-state index in [1.807, 2.05) is 0 Å². The standard InChI is InChI=1S/C26H35N3O4/c1-24-11-17-12-25(2,14-24)16-26(13-17,15-24)28-23(33)27-20-7-9-29(10-8-20)21(30)18-3-5-19(6-4-18)22(31)32/h3-6,17,20H,7-16H2,1-2H3,(H,31,32)(H2,27,28,33)/t17?,24-,25+,26?. The molecule has 5 aliphatic rings. The molecule has 7 heteroatoms. The van der Waals surface area contributed by atoms with Gasteiger partial charge in [-0.3, -0.25) is 4.79 Å². The molecule has 2 unspecified atom stereocenters. The number of amides is 3. The number of nitrogens with zero attached hydrogens (tertiary/aromatic N) is 1. The van der Waals surface area contributed by atoms with Crippen molar-refractivity contribution >= 4 is 17.9 Å². The molecule has 1 saturated heterocycles. The first-order valence-electron chi connectivity index (χ1n) is 12.3. The van der Waals surface area contributed by atoms with Crippen molar-refractivity contribution in [2.45, 2.75) is 76.8 Å². The lowest BCUT2D eigenvalue weighted by molar-refractivity contribution is -0.113. The Morgan fingerprint density at radius 2 is 1.48 bits per heavy atom. The third kappa shape index (κ3) is 4.34. The normalized spacial score (nSPS) is 35.3. The SMILES string of the molecule is C[C@]12CC3CC(NC(=O)NC4CCN(C(=O)c5ccc(C(=O)O)cc5)CC4)(C1)C[C@@](C)(C3)C2. The summed E-state index contributed by atoms with van der Waals surface area (Å²) in [4.78, 5) is 38.5. The number of carbonyl (C=O) groups is 3. The van der Waals surface area contributed by atoms with Gasteiger partial charge in [0, 0.05) is 30.2 Å². The third-order valence-electron chi connectivity index (χ3n) is 8.50. The minimum atomic E-state index is -1.00. The van der Waals surface area contributed by atoms with Gasteiger partial charge in [-0.1, -0.05) is 13.8 Å². The summed E-state index contributed by atoms with van der Waals surface area (Å²) in [5, 5.41) is 15.6. The molecule has 6 rings (SSSR count). The number of hydrogen-bond donors (Lipinski definition) is 3. The van der Waals surface area contributed by atoms with Crippen LogP contribution in [0.4, 0.5) is 4.79 Å². The molecule has 0 radical (unpaired) electrons. The molecule has 3 N–H and O–H groups in total. The Morgan fingerprint density at radius 1 is 0.909 bits per heavy atom. The zero-order valence-electron chi connectivity index (χ0n) is 19.7. The highest BCUT2D eigenvalue weighted by Gasteiger charge is 2.60. The van der Waals surface area contributed by atoms with Gasteiger partial charge in [-0.25, -0.2) is 9.59 Å². The minimum Gasteiger partial charge on any atom is -0.478 e. The molecule has 3 amide bonds. The zero-order chi connectivity index (χ0) is 23.4. The van der Waals surface area contributed by atoms with Gasteiger partial charge in [-0.2, -0.15) is 0 Å². The molecule has 7 nitrogen and oxygen atoms in total. The monoisotopic (exact) mass is 453 g/mol. The molecule has 5 fully saturated rings. The van der Waals surface area contributed by atoms with Crippen molar-refractivity contribution in [3.8, 4) is 0 Å². The molecule has 1 aromatic carbocycles. The summed E-state index contributed by atoms with van der Waals surface area (Å²) in [6.45, 7) is 5.97. The predicted molar refractivity (Wildman–Crippen MR) is 124 cm³/mol. The number of benzene rings is 1. The van der Waals surface area contributed by atoms with Crippen molar-refractivity contribution < 1.29 is 19.5 Å². The number of hydrogen-bond acceptors (Lipinski definition) is 3. The van der Waals surface area contributed by atoms with Crippen molar-refractivity contribution in [2.24, 2.45) is 16.7 Å². The fraction of sp³-hybridized carbons (Fsp3) is 0.654. The third-order valence-corrected chi connectivity index (χ3v) is 8.50. The van der Waals surface area contributed by atoms with Crippen LogP contribution in [0.25, 0.3) is 0 Å². The van der Waals surface area contributed by atoms with E-state index in [-0.39, 0.29) is 29.1 Å². The van der Waals surface area contributed by atoms with Gasteiger partial charge in [-0.05, 0) is 92.4 Å². The fourth-order valence-corrected chi connectivity index (χ4v) is 8.21. The summed E-state index contributed by atoms with van der Waals surface area (Å²) < 4.78 is 0. The Bertz CT molecular complexity index is 948. The highest BCUT2D eigenvalue weighted by atomic mass is 16.4. The van der Waals surface area contributed by atoms with Crippen LogP contribution >= 0.6 is 0 Å². The van der Waals surface area contributed by atoms with E-state index in [1.165, 1.54) is 31.4 Å². The Hall–Kier alpha value is -2.57. The van der Waals surface area contributed by atoms with Crippen molar-refractivity contribution in [3.63, 3.8) is 0 Å². The quantitative estimate of drug-likeness (QED) is 0.641. The molecule has 1 aliphatic heterocycles. The van der Waals surface area contributed by atoms with Crippen LogP contribution in [-0.2, 0) is 0 Å². The van der Waals surface area contributed by atoms with Crippen LogP contribution in [0.5, 0.6) is 0 Å². The predicted octanol–water partition coefficient (Wildman–Crippen LogP) is 4.04. The molecular weight excluding hydrogens is 418 g/mol. The van der Waals surface area contributed by atoms with Gasteiger partial charge in [0.25, 0.3) is 5.91 Å². The van der Waals surface area contributed by atoms with Gasteiger partial charge >= 0.3 is 12.0 Å². The van der Waals surface area contributed by atoms with Crippen molar-refractivity contribution in [2.75, 3.05) is 13.1 Å². The van der Waals surface area contributed by atoms with E-state index in [1.54, 1.807) is 17.0 Å². The van der Waals surface area contributed by atoms with Crippen LogP contribution in [0.15, 0.2) is 24.3 Å². The highest BCUT2D eigenvalue weighted by molar-refractivity contribution is 5.96. The van der Waals surface area contributed by atoms with Crippen LogP contribution in [0.2, 0.25) is 0 Å². The molecule has 33 heavy (non-hydrogen) atoms. The number of nitrogens with one attached hydrogen (secondary N) is 2. The summed E-state index contributed by atoms with van der Waals surface area (Å²) in [7, 11) is 0. The molecule has 1 heterocycles. The second-order valence-corrected chi connectivity index (χ2v) is 12.0. The van der Waals surface area contributed by atoms with Crippen molar-refractivity contribution in [3.05, 3.63) is 35.4 Å². The molecule has 4 atom stereocenters. The molecule has 4 aliphatic carbocycles. The number of carboxylic acid groups (broad SMARTS) is 1. The maximum atomic E-state index is 13.0. The number of aromatic carboxylic acids is 1. The first-order chi connectivity index (χ1) is 15.6. The first-order valence-corrected chi connectivity index (χ1v) is 12.3. The second-order valence-electron chi connectivity index (χ2n) is 12.0. The van der Waals surface area contributed by atoms with Gasteiger partial charge in [0.1, 0.15) is 0 Å². The highest BCUT2D eigenvalue weighted by Crippen LogP contribution is 2.66. The number of likely N-dealkylation sites (tertiary alicyclic amines) is 1. The summed E-state index contributed by atoms with van der Waals surface area (Å²) >= 11 is 0. The van der Waals surface area contributed by atoms with Gasteiger partial charge in [0.15, 0.2) is 0 Å². The lowest BCUT2D eigenvalue weighted by Gasteiger charge is -2.65. The zero-order valence-corrected chi connectivity index (χ0v) is 19.7. The number of carboxylic acids is 1. The summed E-state index contributed by atoms with van der Waals surface area (Å²) in [6, 6.07) is 6.05. The molecule has 178 valence electrons. The van der Waals surface area contributed by atoms with E-state index in [4.69, 9.17) is 5.11 Å². The molecule has 4 bridgehead atoms. The van der Waals surface area contributed by atoms with Crippen LogP contribution < -0.4 is 10.6 Å². The van der Waals surface area contributed by atoms with Crippen LogP contribution in [-0.4, -0.2) is 52.6 Å². The maximum absolute atomic E-state index is 13.0. The average Bonchev–Trinajstić information content (AvgIpc) is 2.70. The van der Waals surface area contributed by atoms with Gasteiger partial charge in [0.05, 0.1) is 5.56 Å². The number of rotatable bonds is 4. The molecular formula is C26H35N3O4. The van der Waals surface area contributed by atoms with Crippen LogP contribution in [0, 0.1) is 16.7 Å². The van der Waals surface area contributed by atoms with E-state index in [2.05, 4.69) is 24.5 Å². The summed E-state index contributed by atoms with van der Waals surface area (Å²) in [5.74, 6) is -0.365. The summed E-state index contributed by atoms with van der Waals surface area (Å²) in [6.07, 6.45) is 8.62. The van der Waals surface area contributed by atoms with Crippen molar-refractivity contribution in [1.82, 2.24) is 15.5 Å². The first kappa shape index (κ1) is 22.2. The molecule has 1 aromatic rings. The van der Waals surface area contributed by atoms with E-state index < -0.39 is 5.97 Å².